The molecule has 2 aromatic carbocycles. The molecule has 0 bridgehead atoms. The van der Waals surface area contributed by atoms with E-state index >= 15 is 0 Å². The number of hydrazone groups is 1. The van der Waals surface area contributed by atoms with Gasteiger partial charge in [0.25, 0.3) is 5.91 Å². The summed E-state index contributed by atoms with van der Waals surface area (Å²) in [5.74, 6) is 1.03. The zero-order valence-corrected chi connectivity index (χ0v) is 17.3. The lowest BCUT2D eigenvalue weighted by Crippen LogP contribution is -2.20. The second-order valence-electron chi connectivity index (χ2n) is 5.75. The SMILES string of the molecule is CCOc1cc(C(=O)NN=C(C)c2ccc(Cl)cc2)cc(OCC)c1OCC. The van der Waals surface area contributed by atoms with Crippen LogP contribution in [0, 0.1) is 0 Å². The topological polar surface area (TPSA) is 69.2 Å². The van der Waals surface area contributed by atoms with Crippen LogP contribution in [-0.2, 0) is 0 Å². The van der Waals surface area contributed by atoms with Crippen LogP contribution in [0.4, 0.5) is 0 Å². The minimum Gasteiger partial charge on any atom is -0.490 e. The predicted octanol–water partition coefficient (Wildman–Crippen LogP) is 4.69. The van der Waals surface area contributed by atoms with E-state index in [2.05, 4.69) is 10.5 Å². The smallest absolute Gasteiger partial charge is 0.271 e. The molecular weight excluding hydrogens is 380 g/mol. The van der Waals surface area contributed by atoms with E-state index in [1.54, 1.807) is 31.2 Å². The van der Waals surface area contributed by atoms with Crippen molar-refractivity contribution in [1.82, 2.24) is 5.43 Å². The second-order valence-corrected chi connectivity index (χ2v) is 6.18. The van der Waals surface area contributed by atoms with Crippen molar-refractivity contribution in [1.29, 1.82) is 0 Å². The Bertz CT molecular complexity index is 808. The Hall–Kier alpha value is -2.73. The van der Waals surface area contributed by atoms with Gasteiger partial charge >= 0.3 is 0 Å². The molecule has 1 N–H and O–H groups in total. The van der Waals surface area contributed by atoms with Crippen LogP contribution in [0.15, 0.2) is 41.5 Å². The second kappa shape index (κ2) is 10.6. The molecule has 6 nitrogen and oxygen atoms in total. The van der Waals surface area contributed by atoms with Crippen LogP contribution in [0.2, 0.25) is 5.02 Å². The fourth-order valence-corrected chi connectivity index (χ4v) is 2.60. The standard InChI is InChI=1S/C21H25ClN2O4/c1-5-26-18-12-16(13-19(27-6-2)20(18)28-7-3)21(25)24-23-14(4)15-8-10-17(22)11-9-15/h8-13H,5-7H2,1-4H3,(H,24,25). The van der Waals surface area contributed by atoms with Crippen molar-refractivity contribution in [2.75, 3.05) is 19.8 Å². The average molecular weight is 405 g/mol. The van der Waals surface area contributed by atoms with Crippen molar-refractivity contribution in [3.8, 4) is 17.2 Å². The van der Waals surface area contributed by atoms with Gasteiger partial charge in [0.05, 0.1) is 25.5 Å². The summed E-state index contributed by atoms with van der Waals surface area (Å²) < 4.78 is 16.9. The molecule has 0 aliphatic heterocycles. The monoisotopic (exact) mass is 404 g/mol. The van der Waals surface area contributed by atoms with E-state index in [1.807, 2.05) is 32.9 Å². The summed E-state index contributed by atoms with van der Waals surface area (Å²) in [6.07, 6.45) is 0. The van der Waals surface area contributed by atoms with Crippen LogP contribution < -0.4 is 19.6 Å². The fraction of sp³-hybridized carbons (Fsp3) is 0.333. The molecule has 0 spiro atoms. The maximum absolute atomic E-state index is 12.6. The van der Waals surface area contributed by atoms with Gasteiger partial charge in [0.2, 0.25) is 5.75 Å². The van der Waals surface area contributed by atoms with Crippen LogP contribution in [-0.4, -0.2) is 31.4 Å². The van der Waals surface area contributed by atoms with Crippen LogP contribution in [0.25, 0.3) is 0 Å². The molecule has 0 radical (unpaired) electrons. The largest absolute Gasteiger partial charge is 0.490 e. The van der Waals surface area contributed by atoms with Gasteiger partial charge < -0.3 is 14.2 Å². The van der Waals surface area contributed by atoms with Gasteiger partial charge in [-0.25, -0.2) is 5.43 Å². The number of amides is 1. The van der Waals surface area contributed by atoms with Crippen molar-refractivity contribution >= 4 is 23.2 Å². The quantitative estimate of drug-likeness (QED) is 0.486. The number of rotatable bonds is 9. The number of nitrogens with zero attached hydrogens (tertiary/aromatic N) is 1. The Balaban J connectivity index is 2.28. The van der Waals surface area contributed by atoms with Gasteiger partial charge in [-0.05, 0) is 57.5 Å². The Labute approximate surface area is 170 Å². The van der Waals surface area contributed by atoms with Crippen molar-refractivity contribution < 1.29 is 19.0 Å². The molecule has 28 heavy (non-hydrogen) atoms. The molecule has 150 valence electrons. The van der Waals surface area contributed by atoms with E-state index in [0.717, 1.165) is 5.56 Å². The summed E-state index contributed by atoms with van der Waals surface area (Å²) in [7, 11) is 0. The summed E-state index contributed by atoms with van der Waals surface area (Å²) in [5, 5.41) is 4.81. The third-order valence-electron chi connectivity index (χ3n) is 3.76. The van der Waals surface area contributed by atoms with Crippen LogP contribution in [0.3, 0.4) is 0 Å². The highest BCUT2D eigenvalue weighted by Crippen LogP contribution is 2.39. The van der Waals surface area contributed by atoms with E-state index in [1.165, 1.54) is 0 Å². The molecule has 0 heterocycles. The summed E-state index contributed by atoms with van der Waals surface area (Å²) in [6, 6.07) is 10.5. The Kier molecular flexibility index (Phi) is 8.14. The number of halogens is 1. The van der Waals surface area contributed by atoms with Crippen LogP contribution in [0.1, 0.15) is 43.6 Å². The Morgan fingerprint density at radius 1 is 0.929 bits per heavy atom. The van der Waals surface area contributed by atoms with Crippen LogP contribution >= 0.6 is 11.6 Å². The average Bonchev–Trinajstić information content (AvgIpc) is 2.69. The van der Waals surface area contributed by atoms with Gasteiger partial charge in [-0.2, -0.15) is 5.10 Å². The maximum Gasteiger partial charge on any atom is 0.271 e. The third-order valence-corrected chi connectivity index (χ3v) is 4.01. The van der Waals surface area contributed by atoms with E-state index in [4.69, 9.17) is 25.8 Å². The Morgan fingerprint density at radius 3 is 1.96 bits per heavy atom. The van der Waals surface area contributed by atoms with Crippen molar-refractivity contribution in [2.24, 2.45) is 5.10 Å². The molecule has 1 amide bonds. The highest BCUT2D eigenvalue weighted by atomic mass is 35.5. The Morgan fingerprint density at radius 2 is 1.46 bits per heavy atom. The molecule has 0 aliphatic rings. The number of ether oxygens (including phenoxy) is 3. The number of hydrogen-bond acceptors (Lipinski definition) is 5. The molecule has 0 fully saturated rings. The van der Waals surface area contributed by atoms with E-state index in [-0.39, 0.29) is 5.91 Å². The maximum atomic E-state index is 12.6. The lowest BCUT2D eigenvalue weighted by atomic mass is 10.1. The van der Waals surface area contributed by atoms with Crippen molar-refractivity contribution in [3.05, 3.63) is 52.5 Å². The number of benzene rings is 2. The minimum atomic E-state index is -0.377. The number of carbonyl (C=O) groups excluding carboxylic acids is 1. The van der Waals surface area contributed by atoms with E-state index in [0.29, 0.717) is 53.4 Å². The molecular formula is C21H25ClN2O4. The first-order valence-electron chi connectivity index (χ1n) is 9.17. The van der Waals surface area contributed by atoms with Gasteiger partial charge in [0.1, 0.15) is 0 Å². The number of hydrogen-bond donors (Lipinski definition) is 1. The summed E-state index contributed by atoms with van der Waals surface area (Å²) in [5.41, 5.74) is 4.45. The zero-order chi connectivity index (χ0) is 20.5. The highest BCUT2D eigenvalue weighted by Gasteiger charge is 2.18. The minimum absolute atomic E-state index is 0.364. The van der Waals surface area contributed by atoms with Gasteiger partial charge in [0.15, 0.2) is 11.5 Å². The molecule has 7 heteroatoms. The zero-order valence-electron chi connectivity index (χ0n) is 16.5. The molecule has 2 aromatic rings. The van der Waals surface area contributed by atoms with Crippen LogP contribution in [0.5, 0.6) is 17.2 Å². The predicted molar refractivity (Wildman–Crippen MR) is 111 cm³/mol. The lowest BCUT2D eigenvalue weighted by Gasteiger charge is -2.16. The van der Waals surface area contributed by atoms with Gasteiger partial charge in [0, 0.05) is 10.6 Å². The van der Waals surface area contributed by atoms with Gasteiger partial charge in [-0.3, -0.25) is 4.79 Å². The molecule has 0 aromatic heterocycles. The first-order valence-corrected chi connectivity index (χ1v) is 9.54. The van der Waals surface area contributed by atoms with Crippen molar-refractivity contribution in [3.63, 3.8) is 0 Å². The first-order chi connectivity index (χ1) is 13.5. The van der Waals surface area contributed by atoms with Gasteiger partial charge in [-0.15, -0.1) is 0 Å². The summed E-state index contributed by atoms with van der Waals surface area (Å²) >= 11 is 5.90. The normalized spacial score (nSPS) is 11.1. The number of carbonyl (C=O) groups is 1. The molecule has 2 rings (SSSR count). The first kappa shape index (κ1) is 21.6. The molecule has 0 atom stereocenters. The number of nitrogens with one attached hydrogen (secondary N) is 1. The van der Waals surface area contributed by atoms with Crippen molar-refractivity contribution in [2.45, 2.75) is 27.7 Å². The molecule has 0 saturated carbocycles. The summed E-state index contributed by atoms with van der Waals surface area (Å²) in [4.78, 5) is 12.6. The molecule has 0 unspecified atom stereocenters. The van der Waals surface area contributed by atoms with Gasteiger partial charge in [-0.1, -0.05) is 23.7 Å². The third kappa shape index (κ3) is 5.63. The van der Waals surface area contributed by atoms with E-state index in [9.17, 15) is 4.79 Å². The summed E-state index contributed by atoms with van der Waals surface area (Å²) in [6.45, 7) is 8.73. The molecule has 0 saturated heterocycles. The fourth-order valence-electron chi connectivity index (χ4n) is 2.47. The highest BCUT2D eigenvalue weighted by molar-refractivity contribution is 6.30. The lowest BCUT2D eigenvalue weighted by molar-refractivity contribution is 0.0953. The van der Waals surface area contributed by atoms with E-state index < -0.39 is 0 Å². The molecule has 0 aliphatic carbocycles.